The second-order valence-corrected chi connectivity index (χ2v) is 4.82. The fraction of sp³-hybridized carbons (Fsp3) is 0.235. The fourth-order valence-electron chi connectivity index (χ4n) is 2.18. The Morgan fingerprint density at radius 1 is 1.24 bits per heavy atom. The highest BCUT2D eigenvalue weighted by Gasteiger charge is 2.09. The van der Waals surface area contributed by atoms with Crippen LogP contribution in [0.25, 0.3) is 0 Å². The number of rotatable bonds is 5. The van der Waals surface area contributed by atoms with Gasteiger partial charge in [0.1, 0.15) is 5.75 Å². The third-order valence-corrected chi connectivity index (χ3v) is 3.21. The van der Waals surface area contributed by atoms with E-state index in [4.69, 9.17) is 15.7 Å². The van der Waals surface area contributed by atoms with Crippen molar-refractivity contribution in [3.8, 4) is 11.8 Å². The predicted octanol–water partition coefficient (Wildman–Crippen LogP) is 3.18. The molecule has 0 radical (unpaired) electrons. The molecule has 108 valence electrons. The molecule has 0 aliphatic rings. The molecule has 0 heterocycles. The van der Waals surface area contributed by atoms with Gasteiger partial charge in [0.25, 0.3) is 0 Å². The molecule has 21 heavy (non-hydrogen) atoms. The van der Waals surface area contributed by atoms with E-state index in [1.54, 1.807) is 6.07 Å². The molecule has 0 unspecified atom stereocenters. The molecule has 2 aromatic carbocycles. The Labute approximate surface area is 125 Å². The Morgan fingerprint density at radius 2 is 2.05 bits per heavy atom. The van der Waals surface area contributed by atoms with Crippen molar-refractivity contribution in [1.29, 1.82) is 5.26 Å². The van der Waals surface area contributed by atoms with E-state index in [-0.39, 0.29) is 0 Å². The van der Waals surface area contributed by atoms with Crippen LogP contribution in [0.4, 0.5) is 11.4 Å². The maximum atomic E-state index is 8.98. The van der Waals surface area contributed by atoms with E-state index in [2.05, 4.69) is 11.0 Å². The first kappa shape index (κ1) is 14.7. The molecule has 0 amide bonds. The Balaban J connectivity index is 2.24. The first-order valence-electron chi connectivity index (χ1n) is 6.86. The standard InChI is InChI=1S/C17H19N3O/c1-3-21-17-8-7-15(19)10-14(17)12-20(2)16-6-4-5-13(9-16)11-18/h4-10H,3,12,19H2,1-2H3. The van der Waals surface area contributed by atoms with E-state index < -0.39 is 0 Å². The molecule has 0 fully saturated rings. The quantitative estimate of drug-likeness (QED) is 0.855. The van der Waals surface area contributed by atoms with Crippen molar-refractivity contribution in [3.63, 3.8) is 0 Å². The van der Waals surface area contributed by atoms with Crippen LogP contribution in [0.2, 0.25) is 0 Å². The maximum Gasteiger partial charge on any atom is 0.124 e. The molecular weight excluding hydrogens is 262 g/mol. The van der Waals surface area contributed by atoms with Gasteiger partial charge in [-0.05, 0) is 43.3 Å². The zero-order valence-electron chi connectivity index (χ0n) is 12.3. The highest BCUT2D eigenvalue weighted by atomic mass is 16.5. The maximum absolute atomic E-state index is 8.98. The molecule has 0 atom stereocenters. The number of hydrogen-bond acceptors (Lipinski definition) is 4. The number of nitrogen functional groups attached to an aromatic ring is 1. The van der Waals surface area contributed by atoms with E-state index in [0.29, 0.717) is 24.4 Å². The summed E-state index contributed by atoms with van der Waals surface area (Å²) in [6.45, 7) is 3.24. The number of benzene rings is 2. The van der Waals surface area contributed by atoms with Gasteiger partial charge in [-0.3, -0.25) is 0 Å². The largest absolute Gasteiger partial charge is 0.494 e. The van der Waals surface area contributed by atoms with E-state index >= 15 is 0 Å². The number of hydrogen-bond donors (Lipinski definition) is 1. The van der Waals surface area contributed by atoms with Crippen LogP contribution >= 0.6 is 0 Å². The van der Waals surface area contributed by atoms with Gasteiger partial charge in [0.05, 0.1) is 18.2 Å². The third-order valence-electron chi connectivity index (χ3n) is 3.21. The van der Waals surface area contributed by atoms with Gasteiger partial charge in [0.2, 0.25) is 0 Å². The molecule has 0 saturated carbocycles. The van der Waals surface area contributed by atoms with Crippen molar-refractivity contribution >= 4 is 11.4 Å². The number of ether oxygens (including phenoxy) is 1. The fourth-order valence-corrected chi connectivity index (χ4v) is 2.18. The smallest absolute Gasteiger partial charge is 0.124 e. The first-order chi connectivity index (χ1) is 10.1. The molecule has 2 N–H and O–H groups in total. The molecule has 0 saturated heterocycles. The van der Waals surface area contributed by atoms with Crippen LogP contribution in [0.1, 0.15) is 18.1 Å². The second kappa shape index (κ2) is 6.67. The van der Waals surface area contributed by atoms with Crippen molar-refractivity contribution in [2.75, 3.05) is 24.3 Å². The van der Waals surface area contributed by atoms with Crippen LogP contribution in [0.3, 0.4) is 0 Å². The average molecular weight is 281 g/mol. The summed E-state index contributed by atoms with van der Waals surface area (Å²) >= 11 is 0. The molecule has 0 spiro atoms. The monoisotopic (exact) mass is 281 g/mol. The van der Waals surface area contributed by atoms with Gasteiger partial charge in [-0.15, -0.1) is 0 Å². The van der Waals surface area contributed by atoms with Crippen LogP contribution in [-0.2, 0) is 6.54 Å². The van der Waals surface area contributed by atoms with Gasteiger partial charge in [0.15, 0.2) is 0 Å². The van der Waals surface area contributed by atoms with Crippen molar-refractivity contribution < 1.29 is 4.74 Å². The van der Waals surface area contributed by atoms with Gasteiger partial charge in [-0.1, -0.05) is 6.07 Å². The Morgan fingerprint density at radius 3 is 2.76 bits per heavy atom. The Hall–Kier alpha value is -2.67. The minimum absolute atomic E-state index is 0.616. The van der Waals surface area contributed by atoms with E-state index in [0.717, 1.165) is 17.0 Å². The lowest BCUT2D eigenvalue weighted by atomic mass is 10.1. The van der Waals surface area contributed by atoms with Crippen LogP contribution in [0, 0.1) is 11.3 Å². The Kier molecular flexibility index (Phi) is 4.68. The summed E-state index contributed by atoms with van der Waals surface area (Å²) in [7, 11) is 1.98. The zero-order chi connectivity index (χ0) is 15.2. The van der Waals surface area contributed by atoms with Crippen LogP contribution in [0.5, 0.6) is 5.75 Å². The van der Waals surface area contributed by atoms with Gasteiger partial charge >= 0.3 is 0 Å². The van der Waals surface area contributed by atoms with E-state index in [9.17, 15) is 0 Å². The molecule has 0 bridgehead atoms. The molecule has 0 aliphatic heterocycles. The topological polar surface area (TPSA) is 62.3 Å². The van der Waals surface area contributed by atoms with Gasteiger partial charge < -0.3 is 15.4 Å². The summed E-state index contributed by atoms with van der Waals surface area (Å²) in [5.74, 6) is 0.843. The number of anilines is 2. The lowest BCUT2D eigenvalue weighted by molar-refractivity contribution is 0.336. The zero-order valence-corrected chi connectivity index (χ0v) is 12.3. The first-order valence-corrected chi connectivity index (χ1v) is 6.86. The lowest BCUT2D eigenvalue weighted by Gasteiger charge is -2.21. The summed E-state index contributed by atoms with van der Waals surface area (Å²) in [6.07, 6.45) is 0. The predicted molar refractivity (Wildman–Crippen MR) is 85.3 cm³/mol. The van der Waals surface area contributed by atoms with Gasteiger partial charge in [-0.25, -0.2) is 0 Å². The summed E-state index contributed by atoms with van der Waals surface area (Å²) in [6, 6.07) is 15.3. The summed E-state index contributed by atoms with van der Waals surface area (Å²) in [4.78, 5) is 2.07. The normalized spacial score (nSPS) is 9.95. The van der Waals surface area contributed by atoms with Crippen LogP contribution < -0.4 is 15.4 Å². The molecule has 2 rings (SSSR count). The van der Waals surface area contributed by atoms with Crippen molar-refractivity contribution in [2.24, 2.45) is 0 Å². The minimum atomic E-state index is 0.616. The summed E-state index contributed by atoms with van der Waals surface area (Å²) in [5, 5.41) is 8.98. The van der Waals surface area contributed by atoms with E-state index in [1.165, 1.54) is 0 Å². The lowest BCUT2D eigenvalue weighted by Crippen LogP contribution is -2.17. The van der Waals surface area contributed by atoms with Crippen molar-refractivity contribution in [2.45, 2.75) is 13.5 Å². The van der Waals surface area contributed by atoms with Gasteiger partial charge in [-0.2, -0.15) is 5.26 Å². The van der Waals surface area contributed by atoms with E-state index in [1.807, 2.05) is 50.4 Å². The molecule has 2 aromatic rings. The number of nitrogens with two attached hydrogens (primary N) is 1. The van der Waals surface area contributed by atoms with Crippen LogP contribution in [-0.4, -0.2) is 13.7 Å². The molecule has 4 nitrogen and oxygen atoms in total. The highest BCUT2D eigenvalue weighted by Crippen LogP contribution is 2.25. The Bertz CT molecular complexity index is 661. The molecular formula is C17H19N3O. The van der Waals surface area contributed by atoms with Crippen molar-refractivity contribution in [1.82, 2.24) is 0 Å². The average Bonchev–Trinajstić information content (AvgIpc) is 2.50. The molecule has 0 aromatic heterocycles. The highest BCUT2D eigenvalue weighted by molar-refractivity contribution is 5.54. The minimum Gasteiger partial charge on any atom is -0.494 e. The molecule has 4 heteroatoms. The number of nitrogens with zero attached hydrogens (tertiary/aromatic N) is 2. The second-order valence-electron chi connectivity index (χ2n) is 4.82. The number of nitriles is 1. The summed E-state index contributed by atoms with van der Waals surface area (Å²) < 4.78 is 5.64. The SMILES string of the molecule is CCOc1ccc(N)cc1CN(C)c1cccc(C#N)c1. The third kappa shape index (κ3) is 3.67. The van der Waals surface area contributed by atoms with Crippen LogP contribution in [0.15, 0.2) is 42.5 Å². The van der Waals surface area contributed by atoms with Crippen molar-refractivity contribution in [3.05, 3.63) is 53.6 Å². The summed E-state index contributed by atoms with van der Waals surface area (Å²) in [5.41, 5.74) is 9.25. The van der Waals surface area contributed by atoms with Gasteiger partial charge in [0, 0.05) is 30.5 Å². The molecule has 0 aliphatic carbocycles.